The fourth-order valence-electron chi connectivity index (χ4n) is 6.78. The first-order valence-corrected chi connectivity index (χ1v) is 16.8. The van der Waals surface area contributed by atoms with Crippen LogP contribution in [0.4, 0.5) is 23.0 Å². The molecular weight excluding hydrogens is 532 g/mol. The number of piperidine rings is 1. The van der Waals surface area contributed by atoms with E-state index in [-0.39, 0.29) is 10.3 Å². The highest BCUT2D eigenvalue weighted by molar-refractivity contribution is 7.90. The minimum atomic E-state index is -3.37. The van der Waals surface area contributed by atoms with Crippen molar-refractivity contribution < 1.29 is 8.42 Å². The molecule has 6 rings (SSSR count). The summed E-state index contributed by atoms with van der Waals surface area (Å²) >= 11 is 0. The smallest absolute Gasteiger partial charge is 0.179 e. The van der Waals surface area contributed by atoms with Crippen molar-refractivity contribution in [2.45, 2.75) is 62.8 Å². The molecular formula is C32H42N6O2S. The second kappa shape index (κ2) is 11.2. The lowest BCUT2D eigenvalue weighted by Crippen LogP contribution is -2.34. The standard InChI is InChI=1S/C32H42N6O2S/c1-32(2)23-38(19-8-18-36-16-5-4-6-17-36)28-21-25(10-11-27(28)32)35-30-26-13-20-37(22-24(26)12-15-33-30)31-29(41(3,39)40)9-7-14-34-31/h7,9-12,14-15,21H,4-6,8,13,16-20,22-23H2,1-3H3,(H,33,35). The van der Waals surface area contributed by atoms with Crippen LogP contribution >= 0.6 is 0 Å². The zero-order valence-corrected chi connectivity index (χ0v) is 25.4. The maximum Gasteiger partial charge on any atom is 0.179 e. The maximum atomic E-state index is 12.4. The number of likely N-dealkylation sites (tertiary alicyclic amines) is 1. The number of anilines is 4. The summed E-state index contributed by atoms with van der Waals surface area (Å²) in [5.74, 6) is 1.40. The molecule has 0 saturated carbocycles. The molecule has 0 bridgehead atoms. The van der Waals surface area contributed by atoms with Gasteiger partial charge in [-0.25, -0.2) is 18.4 Å². The number of sulfone groups is 1. The Morgan fingerprint density at radius 2 is 1.80 bits per heavy atom. The molecule has 1 saturated heterocycles. The monoisotopic (exact) mass is 574 g/mol. The zero-order valence-electron chi connectivity index (χ0n) is 24.6. The fraction of sp³-hybridized carbons (Fsp3) is 0.500. The number of nitrogens with one attached hydrogen (secondary N) is 1. The molecule has 0 atom stereocenters. The molecule has 1 aromatic carbocycles. The molecule has 3 aliphatic heterocycles. The first-order valence-electron chi connectivity index (χ1n) is 14.9. The third-order valence-electron chi connectivity index (χ3n) is 8.86. The number of aromatic nitrogens is 2. The third-order valence-corrected chi connectivity index (χ3v) is 9.98. The fourth-order valence-corrected chi connectivity index (χ4v) is 7.62. The minimum Gasteiger partial charge on any atom is -0.370 e. The molecule has 0 unspecified atom stereocenters. The number of pyridine rings is 2. The zero-order chi connectivity index (χ0) is 28.6. The Morgan fingerprint density at radius 3 is 2.61 bits per heavy atom. The van der Waals surface area contributed by atoms with Gasteiger partial charge in [0.2, 0.25) is 0 Å². The van der Waals surface area contributed by atoms with Gasteiger partial charge in [0.1, 0.15) is 16.5 Å². The first-order chi connectivity index (χ1) is 19.7. The Labute approximate surface area is 244 Å². The molecule has 41 heavy (non-hydrogen) atoms. The van der Waals surface area contributed by atoms with Crippen molar-refractivity contribution in [3.63, 3.8) is 0 Å². The van der Waals surface area contributed by atoms with Crippen molar-refractivity contribution in [3.05, 3.63) is 65.5 Å². The van der Waals surface area contributed by atoms with Crippen LogP contribution in [0.3, 0.4) is 0 Å². The van der Waals surface area contributed by atoms with Gasteiger partial charge in [0.15, 0.2) is 9.84 Å². The summed E-state index contributed by atoms with van der Waals surface area (Å²) in [5.41, 5.74) is 6.24. The summed E-state index contributed by atoms with van der Waals surface area (Å²) in [6.45, 7) is 11.8. The van der Waals surface area contributed by atoms with Gasteiger partial charge in [-0.05, 0) is 86.8 Å². The predicted molar refractivity (Wildman–Crippen MR) is 166 cm³/mol. The van der Waals surface area contributed by atoms with E-state index in [4.69, 9.17) is 4.98 Å². The van der Waals surface area contributed by atoms with Crippen LogP contribution in [0, 0.1) is 0 Å². The van der Waals surface area contributed by atoms with Crippen LogP contribution in [0.5, 0.6) is 0 Å². The lowest BCUT2D eigenvalue weighted by molar-refractivity contribution is 0.227. The van der Waals surface area contributed by atoms with E-state index in [1.807, 2.05) is 12.3 Å². The normalized spacial score (nSPS) is 18.7. The van der Waals surface area contributed by atoms with Crippen LogP contribution in [0.1, 0.15) is 56.2 Å². The van der Waals surface area contributed by atoms with Gasteiger partial charge in [-0.1, -0.05) is 26.3 Å². The summed E-state index contributed by atoms with van der Waals surface area (Å²) < 4.78 is 24.8. The van der Waals surface area contributed by atoms with Gasteiger partial charge < -0.3 is 20.0 Å². The molecule has 8 nitrogen and oxygen atoms in total. The van der Waals surface area contributed by atoms with E-state index in [2.05, 4.69) is 57.0 Å². The van der Waals surface area contributed by atoms with Gasteiger partial charge in [0.25, 0.3) is 0 Å². The highest BCUT2D eigenvalue weighted by Crippen LogP contribution is 2.42. The van der Waals surface area contributed by atoms with Gasteiger partial charge in [-0.15, -0.1) is 0 Å². The van der Waals surface area contributed by atoms with Crippen LogP contribution in [-0.4, -0.2) is 68.8 Å². The number of nitrogens with zero attached hydrogens (tertiary/aromatic N) is 5. The Bertz CT molecular complexity index is 1520. The summed E-state index contributed by atoms with van der Waals surface area (Å²) in [4.78, 5) is 16.7. The number of benzene rings is 1. The van der Waals surface area contributed by atoms with Crippen LogP contribution in [0.25, 0.3) is 0 Å². The summed E-state index contributed by atoms with van der Waals surface area (Å²) in [5, 5.41) is 3.63. The average molecular weight is 575 g/mol. The van der Waals surface area contributed by atoms with Gasteiger partial charge in [0.05, 0.1) is 0 Å². The Morgan fingerprint density at radius 1 is 0.976 bits per heavy atom. The SMILES string of the molecule is CC1(C)CN(CCCN2CCCCC2)c2cc(Nc3nccc4c3CCN(c3ncccc3S(C)(=O)=O)C4)ccc21. The molecule has 1 N–H and O–H groups in total. The van der Waals surface area contributed by atoms with Crippen LogP contribution < -0.4 is 15.1 Å². The van der Waals surface area contributed by atoms with Crippen LogP contribution in [0.2, 0.25) is 0 Å². The van der Waals surface area contributed by atoms with E-state index in [1.54, 1.807) is 18.3 Å². The molecule has 0 amide bonds. The topological polar surface area (TPSA) is 81.7 Å². The number of hydrogen-bond donors (Lipinski definition) is 1. The highest BCUT2D eigenvalue weighted by atomic mass is 32.2. The predicted octanol–water partition coefficient (Wildman–Crippen LogP) is 5.16. The van der Waals surface area contributed by atoms with Gasteiger partial charge in [-0.2, -0.15) is 0 Å². The van der Waals surface area contributed by atoms with E-state index in [0.29, 0.717) is 18.9 Å². The Kier molecular flexibility index (Phi) is 7.68. The number of rotatable bonds is 8. The number of fused-ring (bicyclic) bond motifs is 2. The molecule has 0 aliphatic carbocycles. The van der Waals surface area contributed by atoms with Crippen molar-refractivity contribution in [1.82, 2.24) is 14.9 Å². The average Bonchev–Trinajstić information content (AvgIpc) is 3.22. The second-order valence-electron chi connectivity index (χ2n) is 12.5. The highest BCUT2D eigenvalue weighted by Gasteiger charge is 2.35. The van der Waals surface area contributed by atoms with Crippen molar-refractivity contribution in [2.75, 3.05) is 60.6 Å². The van der Waals surface area contributed by atoms with Crippen molar-refractivity contribution in [1.29, 1.82) is 0 Å². The minimum absolute atomic E-state index is 0.128. The van der Waals surface area contributed by atoms with E-state index < -0.39 is 9.84 Å². The van der Waals surface area contributed by atoms with Gasteiger partial charge in [-0.3, -0.25) is 0 Å². The Balaban J connectivity index is 1.19. The molecule has 1 fully saturated rings. The molecule has 2 aromatic heterocycles. The summed E-state index contributed by atoms with van der Waals surface area (Å²) in [7, 11) is -3.37. The summed E-state index contributed by atoms with van der Waals surface area (Å²) in [6, 6.07) is 12.1. The van der Waals surface area contributed by atoms with E-state index in [9.17, 15) is 8.42 Å². The molecule has 0 spiro atoms. The van der Waals surface area contributed by atoms with Gasteiger partial charge >= 0.3 is 0 Å². The molecule has 0 radical (unpaired) electrons. The van der Waals surface area contributed by atoms with Crippen molar-refractivity contribution in [2.24, 2.45) is 0 Å². The largest absolute Gasteiger partial charge is 0.370 e. The summed E-state index contributed by atoms with van der Waals surface area (Å²) in [6.07, 6.45) is 10.7. The van der Waals surface area contributed by atoms with Gasteiger partial charge in [0, 0.05) is 67.2 Å². The molecule has 218 valence electrons. The van der Waals surface area contributed by atoms with E-state index >= 15 is 0 Å². The van der Waals surface area contributed by atoms with Crippen LogP contribution in [-0.2, 0) is 28.2 Å². The van der Waals surface area contributed by atoms with Crippen molar-refractivity contribution >= 4 is 32.8 Å². The Hall–Kier alpha value is -3.17. The van der Waals surface area contributed by atoms with Crippen LogP contribution in [0.15, 0.2) is 53.7 Å². The molecule has 9 heteroatoms. The molecule has 3 aliphatic rings. The quantitative estimate of drug-likeness (QED) is 0.395. The van der Waals surface area contributed by atoms with E-state index in [1.165, 1.54) is 68.4 Å². The molecule has 3 aromatic rings. The lowest BCUT2D eigenvalue weighted by Gasteiger charge is -2.31. The lowest BCUT2D eigenvalue weighted by atomic mass is 9.87. The van der Waals surface area contributed by atoms with Crippen molar-refractivity contribution in [3.8, 4) is 0 Å². The second-order valence-corrected chi connectivity index (χ2v) is 14.5. The first kappa shape index (κ1) is 28.0. The van der Waals surface area contributed by atoms with E-state index in [0.717, 1.165) is 36.6 Å². The third kappa shape index (κ3) is 5.93. The number of hydrogen-bond acceptors (Lipinski definition) is 8. The maximum absolute atomic E-state index is 12.4. The molecule has 5 heterocycles.